The van der Waals surface area contributed by atoms with Gasteiger partial charge in [0, 0.05) is 15.6 Å². The van der Waals surface area contributed by atoms with Gasteiger partial charge in [0.05, 0.1) is 23.9 Å². The summed E-state index contributed by atoms with van der Waals surface area (Å²) in [5, 5.41) is 3.20. The molecule has 40 heavy (non-hydrogen) atoms. The van der Waals surface area contributed by atoms with E-state index < -0.39 is 17.8 Å². The van der Waals surface area contributed by atoms with Crippen LogP contribution < -0.4 is 24.4 Å². The summed E-state index contributed by atoms with van der Waals surface area (Å²) >= 11 is 15.7. The van der Waals surface area contributed by atoms with Crippen molar-refractivity contribution in [2.24, 2.45) is 0 Å². The Morgan fingerprint density at radius 3 is 2.42 bits per heavy atom. The number of halogens is 3. The van der Waals surface area contributed by atoms with E-state index >= 15 is 0 Å². The number of nitrogens with one attached hydrogen (secondary N) is 1. The van der Waals surface area contributed by atoms with Crippen molar-refractivity contribution in [3.05, 3.63) is 85.8 Å². The molecule has 1 N–H and O–H groups in total. The number of methoxy groups -OCH3 is 1. The monoisotopic (exact) mass is 646 g/mol. The van der Waals surface area contributed by atoms with Crippen molar-refractivity contribution in [2.75, 3.05) is 18.6 Å². The molecule has 3 aromatic carbocycles. The lowest BCUT2D eigenvalue weighted by Gasteiger charge is -2.26. The first-order valence-corrected chi connectivity index (χ1v) is 13.8. The number of ether oxygens (including phenoxy) is 3. The van der Waals surface area contributed by atoms with Crippen LogP contribution >= 0.6 is 39.1 Å². The molecule has 1 aliphatic rings. The molecular formula is C29H25BrCl2N2O6. The summed E-state index contributed by atoms with van der Waals surface area (Å²) in [7, 11) is 1.47. The van der Waals surface area contributed by atoms with Crippen LogP contribution in [0.2, 0.25) is 10.0 Å². The van der Waals surface area contributed by atoms with Gasteiger partial charge < -0.3 is 14.2 Å². The third-order valence-corrected chi connectivity index (χ3v) is 7.09. The fraction of sp³-hybridized carbons (Fsp3) is 0.207. The molecule has 0 spiro atoms. The molecule has 1 fully saturated rings. The van der Waals surface area contributed by atoms with Gasteiger partial charge in [-0.25, -0.2) is 9.69 Å². The maximum absolute atomic E-state index is 13.3. The predicted molar refractivity (Wildman–Crippen MR) is 157 cm³/mol. The first kappa shape index (κ1) is 29.5. The molecule has 208 valence electrons. The predicted octanol–water partition coefficient (Wildman–Crippen LogP) is 7.19. The molecule has 8 nitrogen and oxygen atoms in total. The van der Waals surface area contributed by atoms with Gasteiger partial charge in [-0.15, -0.1) is 0 Å². The Hall–Kier alpha value is -3.53. The third kappa shape index (κ3) is 6.78. The number of hydrogen-bond donors (Lipinski definition) is 1. The lowest BCUT2D eigenvalue weighted by Crippen LogP contribution is -2.54. The fourth-order valence-electron chi connectivity index (χ4n) is 3.84. The standard InChI is InChI=1S/C29H25BrCl2N2O6/c1-3-4-11-39-21-9-7-20(8-10-21)34-28(36)22(27(35)33-29(34)37)12-17-13-23(30)26(25(14-17)38-2)40-16-18-5-6-19(31)15-24(18)32/h5-10,12-15H,3-4,11,16H2,1-2H3,(H,33,35,37)/b22-12-. The Morgan fingerprint density at radius 2 is 1.75 bits per heavy atom. The molecule has 0 aromatic heterocycles. The van der Waals surface area contributed by atoms with E-state index in [-0.39, 0.29) is 12.2 Å². The molecule has 4 rings (SSSR count). The molecular weight excluding hydrogens is 623 g/mol. The number of anilines is 1. The summed E-state index contributed by atoms with van der Waals surface area (Å²) < 4.78 is 17.6. The molecule has 0 bridgehead atoms. The molecule has 0 radical (unpaired) electrons. The van der Waals surface area contributed by atoms with Crippen LogP contribution in [0.3, 0.4) is 0 Å². The van der Waals surface area contributed by atoms with Gasteiger partial charge in [-0.3, -0.25) is 14.9 Å². The molecule has 1 saturated heterocycles. The quantitative estimate of drug-likeness (QED) is 0.142. The molecule has 1 heterocycles. The van der Waals surface area contributed by atoms with Crippen molar-refractivity contribution in [3.63, 3.8) is 0 Å². The Balaban J connectivity index is 1.57. The fourth-order valence-corrected chi connectivity index (χ4v) is 4.87. The van der Waals surface area contributed by atoms with Crippen molar-refractivity contribution in [3.8, 4) is 17.2 Å². The molecule has 0 saturated carbocycles. The van der Waals surface area contributed by atoms with Crippen molar-refractivity contribution in [1.82, 2.24) is 5.32 Å². The minimum atomic E-state index is -0.838. The summed E-state index contributed by atoms with van der Waals surface area (Å²) in [6, 6.07) is 14.1. The van der Waals surface area contributed by atoms with Crippen LogP contribution in [0.4, 0.5) is 10.5 Å². The summed E-state index contributed by atoms with van der Waals surface area (Å²) in [6.45, 7) is 2.78. The third-order valence-electron chi connectivity index (χ3n) is 5.91. The number of rotatable bonds is 10. The zero-order valence-electron chi connectivity index (χ0n) is 21.6. The number of carbonyl (C=O) groups excluding carboxylic acids is 3. The zero-order chi connectivity index (χ0) is 28.8. The van der Waals surface area contributed by atoms with Crippen LogP contribution in [0, 0.1) is 0 Å². The highest BCUT2D eigenvalue weighted by Gasteiger charge is 2.37. The summed E-state index contributed by atoms with van der Waals surface area (Å²) in [6.07, 6.45) is 3.29. The van der Waals surface area contributed by atoms with Gasteiger partial charge in [0.15, 0.2) is 11.5 Å². The number of urea groups is 1. The van der Waals surface area contributed by atoms with Crippen molar-refractivity contribution >= 4 is 68.7 Å². The Labute approximate surface area is 249 Å². The maximum atomic E-state index is 13.3. The van der Waals surface area contributed by atoms with Crippen molar-refractivity contribution in [1.29, 1.82) is 0 Å². The minimum absolute atomic E-state index is 0.145. The SMILES string of the molecule is CCCCOc1ccc(N2C(=O)NC(=O)/C(=C/c3cc(Br)c(OCc4ccc(Cl)cc4Cl)c(OC)c3)C2=O)cc1. The lowest BCUT2D eigenvalue weighted by molar-refractivity contribution is -0.122. The van der Waals surface area contributed by atoms with Gasteiger partial charge in [-0.2, -0.15) is 0 Å². The average Bonchev–Trinajstić information content (AvgIpc) is 2.92. The number of barbiturate groups is 1. The normalized spacial score (nSPS) is 14.4. The average molecular weight is 648 g/mol. The van der Waals surface area contributed by atoms with E-state index in [0.717, 1.165) is 23.3 Å². The zero-order valence-corrected chi connectivity index (χ0v) is 24.7. The molecule has 3 aromatic rings. The molecule has 0 unspecified atom stereocenters. The molecule has 0 aliphatic carbocycles. The highest BCUT2D eigenvalue weighted by Crippen LogP contribution is 2.38. The first-order valence-electron chi connectivity index (χ1n) is 12.3. The number of nitrogens with zero attached hydrogens (tertiary/aromatic N) is 1. The Morgan fingerprint density at radius 1 is 1.00 bits per heavy atom. The van der Waals surface area contributed by atoms with Gasteiger partial charge in [-0.1, -0.05) is 42.6 Å². The minimum Gasteiger partial charge on any atom is -0.494 e. The van der Waals surface area contributed by atoms with Crippen molar-refractivity contribution < 1.29 is 28.6 Å². The Kier molecular flexibility index (Phi) is 9.73. The smallest absolute Gasteiger partial charge is 0.335 e. The second-order valence-electron chi connectivity index (χ2n) is 8.71. The Bertz CT molecular complexity index is 1480. The number of hydrogen-bond acceptors (Lipinski definition) is 6. The second kappa shape index (κ2) is 13.2. The van der Waals surface area contributed by atoms with E-state index in [1.165, 1.54) is 13.2 Å². The van der Waals surface area contributed by atoms with Crippen molar-refractivity contribution in [2.45, 2.75) is 26.4 Å². The number of imide groups is 2. The highest BCUT2D eigenvalue weighted by molar-refractivity contribution is 9.10. The van der Waals surface area contributed by atoms with E-state index in [2.05, 4.69) is 28.2 Å². The van der Waals surface area contributed by atoms with Crippen LogP contribution in [0.1, 0.15) is 30.9 Å². The molecule has 11 heteroatoms. The van der Waals surface area contributed by atoms with E-state index in [1.807, 2.05) is 0 Å². The van der Waals surface area contributed by atoms with Gasteiger partial charge in [-0.05, 0) is 82.5 Å². The van der Waals surface area contributed by atoms with E-state index in [4.69, 9.17) is 37.4 Å². The summed E-state index contributed by atoms with van der Waals surface area (Å²) in [4.78, 5) is 39.5. The van der Waals surface area contributed by atoms with E-state index in [9.17, 15) is 14.4 Å². The van der Waals surface area contributed by atoms with E-state index in [1.54, 1.807) is 54.6 Å². The van der Waals surface area contributed by atoms with Gasteiger partial charge in [0.1, 0.15) is 17.9 Å². The number of benzene rings is 3. The number of unbranched alkanes of at least 4 members (excludes halogenated alkanes) is 1. The van der Waals surface area contributed by atoms with Crippen LogP contribution in [0.5, 0.6) is 17.2 Å². The largest absolute Gasteiger partial charge is 0.494 e. The van der Waals surface area contributed by atoms with Gasteiger partial charge >= 0.3 is 6.03 Å². The van der Waals surface area contributed by atoms with Crippen LogP contribution in [-0.4, -0.2) is 31.6 Å². The van der Waals surface area contributed by atoms with Gasteiger partial charge in [0.2, 0.25) is 0 Å². The lowest BCUT2D eigenvalue weighted by atomic mass is 10.1. The second-order valence-corrected chi connectivity index (χ2v) is 10.4. The summed E-state index contributed by atoms with van der Waals surface area (Å²) in [5.74, 6) is -0.207. The molecule has 1 aliphatic heterocycles. The number of carbonyl (C=O) groups is 3. The highest BCUT2D eigenvalue weighted by atomic mass is 79.9. The number of amides is 4. The molecule has 0 atom stereocenters. The van der Waals surface area contributed by atoms with Crippen LogP contribution in [-0.2, 0) is 16.2 Å². The topological polar surface area (TPSA) is 94.2 Å². The molecule has 4 amide bonds. The van der Waals surface area contributed by atoms with Crippen LogP contribution in [0.25, 0.3) is 6.08 Å². The van der Waals surface area contributed by atoms with Gasteiger partial charge in [0.25, 0.3) is 11.8 Å². The summed E-state index contributed by atoms with van der Waals surface area (Å²) in [5.41, 5.74) is 1.26. The maximum Gasteiger partial charge on any atom is 0.335 e. The van der Waals surface area contributed by atoms with E-state index in [0.29, 0.717) is 49.6 Å². The first-order chi connectivity index (χ1) is 19.2. The van der Waals surface area contributed by atoms with Crippen LogP contribution in [0.15, 0.2) is 64.6 Å².